The smallest absolute Gasteiger partial charge is 0.205 e. The Labute approximate surface area is 118 Å². The van der Waals surface area contributed by atoms with Crippen LogP contribution >= 0.6 is 46.7 Å². The first-order chi connectivity index (χ1) is 8.11. The molecule has 0 fully saturated rings. The summed E-state index contributed by atoms with van der Waals surface area (Å²) < 4.78 is 1.83. The van der Waals surface area contributed by atoms with Crippen molar-refractivity contribution in [2.45, 2.75) is 11.1 Å². The maximum Gasteiger partial charge on any atom is 0.205 e. The van der Waals surface area contributed by atoms with Crippen LogP contribution in [0.5, 0.6) is 0 Å². The first-order valence-corrected chi connectivity index (χ1v) is 8.17. The molecule has 0 aliphatic carbocycles. The van der Waals surface area contributed by atoms with E-state index < -0.39 is 0 Å². The summed E-state index contributed by atoms with van der Waals surface area (Å²) in [7, 11) is 0. The van der Waals surface area contributed by atoms with Crippen molar-refractivity contribution in [3.63, 3.8) is 0 Å². The second-order valence-corrected chi connectivity index (χ2v) is 7.77. The second kappa shape index (κ2) is 5.44. The summed E-state index contributed by atoms with van der Waals surface area (Å²) in [5, 5.41) is 0. The van der Waals surface area contributed by atoms with Gasteiger partial charge >= 0.3 is 0 Å². The highest BCUT2D eigenvalue weighted by Crippen LogP contribution is 2.34. The number of aryl methyl sites for hydroxylation is 1. The van der Waals surface area contributed by atoms with Crippen molar-refractivity contribution >= 4 is 52.4 Å². The van der Waals surface area contributed by atoms with Gasteiger partial charge in [0.05, 0.1) is 4.21 Å². The fraction of sp³-hybridized carbons (Fsp3) is 0.167. The van der Waals surface area contributed by atoms with Gasteiger partial charge in [-0.05, 0) is 13.2 Å². The number of hydrogen-bond acceptors (Lipinski definition) is 5. The lowest BCUT2D eigenvalue weighted by Crippen LogP contribution is -1.99. The molecule has 0 aliphatic heterocycles. The molecule has 17 heavy (non-hydrogen) atoms. The monoisotopic (exact) mass is 298 g/mol. The third kappa shape index (κ3) is 2.85. The average molecular weight is 298 g/mol. The number of carbonyl (C=O) groups excluding carboxylic acids is 1. The van der Waals surface area contributed by atoms with E-state index in [0.717, 1.165) is 23.4 Å². The van der Waals surface area contributed by atoms with Gasteiger partial charge in [-0.1, -0.05) is 42.0 Å². The van der Waals surface area contributed by atoms with Gasteiger partial charge in [0.2, 0.25) is 5.78 Å². The van der Waals surface area contributed by atoms with Crippen LogP contribution in [0.3, 0.4) is 0 Å². The number of rotatable bonds is 3. The lowest BCUT2D eigenvalue weighted by Gasteiger charge is -2.00. The third-order valence-electron chi connectivity index (χ3n) is 2.25. The largest absolute Gasteiger partial charge is 0.288 e. The molecular formula is C12H10OS4. The molecule has 2 aromatic rings. The molecule has 0 amide bonds. The standard InChI is InChI=1S/C12H10OS4/c1-7-3-5-8(6-4-7)9(13)10-11(15-2)17-12(14)16-10/h3-6H,1-2H3. The van der Waals surface area contributed by atoms with Crippen LogP contribution in [-0.2, 0) is 0 Å². The van der Waals surface area contributed by atoms with E-state index in [2.05, 4.69) is 0 Å². The Kier molecular flexibility index (Phi) is 4.14. The van der Waals surface area contributed by atoms with E-state index in [1.807, 2.05) is 37.4 Å². The summed E-state index contributed by atoms with van der Waals surface area (Å²) in [5.74, 6) is 0.0756. The molecule has 0 unspecified atom stereocenters. The molecule has 5 heteroatoms. The quantitative estimate of drug-likeness (QED) is 0.460. The van der Waals surface area contributed by atoms with Gasteiger partial charge in [0.15, 0.2) is 0 Å². The van der Waals surface area contributed by atoms with Gasteiger partial charge < -0.3 is 0 Å². The van der Waals surface area contributed by atoms with Crippen molar-refractivity contribution in [3.05, 3.63) is 43.4 Å². The van der Waals surface area contributed by atoms with Crippen LogP contribution in [0.4, 0.5) is 0 Å². The molecule has 1 nitrogen and oxygen atoms in total. The summed E-state index contributed by atoms with van der Waals surface area (Å²) >= 11 is 9.66. The topological polar surface area (TPSA) is 17.1 Å². The summed E-state index contributed by atoms with van der Waals surface area (Å²) in [6, 6.07) is 7.65. The number of carbonyl (C=O) groups is 1. The maximum atomic E-state index is 12.3. The van der Waals surface area contributed by atoms with Crippen LogP contribution in [0, 0.1) is 10.1 Å². The number of thioether (sulfide) groups is 1. The van der Waals surface area contributed by atoms with E-state index in [4.69, 9.17) is 12.2 Å². The summed E-state index contributed by atoms with van der Waals surface area (Å²) in [6.45, 7) is 2.01. The Balaban J connectivity index is 2.43. The predicted octanol–water partition coefficient (Wildman–Crippen LogP) is 4.80. The molecule has 0 radical (unpaired) electrons. The van der Waals surface area contributed by atoms with Crippen LogP contribution in [0.1, 0.15) is 20.8 Å². The highest BCUT2D eigenvalue weighted by molar-refractivity contribution is 8.01. The predicted molar refractivity (Wildman–Crippen MR) is 79.4 cm³/mol. The minimum absolute atomic E-state index is 0.0756. The molecule has 0 saturated heterocycles. The van der Waals surface area contributed by atoms with E-state index in [9.17, 15) is 4.79 Å². The number of hydrogen-bond donors (Lipinski definition) is 0. The minimum Gasteiger partial charge on any atom is -0.288 e. The van der Waals surface area contributed by atoms with Gasteiger partial charge in [0.25, 0.3) is 0 Å². The van der Waals surface area contributed by atoms with Gasteiger partial charge in [0, 0.05) is 5.56 Å². The molecule has 0 atom stereocenters. The fourth-order valence-corrected chi connectivity index (χ4v) is 5.14. The highest BCUT2D eigenvalue weighted by Gasteiger charge is 2.16. The number of ketones is 1. The van der Waals surface area contributed by atoms with Crippen LogP contribution in [0.15, 0.2) is 28.5 Å². The van der Waals surface area contributed by atoms with Crippen LogP contribution in [-0.4, -0.2) is 12.0 Å². The van der Waals surface area contributed by atoms with Crippen molar-refractivity contribution < 1.29 is 4.79 Å². The zero-order chi connectivity index (χ0) is 12.4. The normalized spacial score (nSPS) is 10.5. The van der Waals surface area contributed by atoms with Crippen molar-refractivity contribution in [1.82, 2.24) is 0 Å². The van der Waals surface area contributed by atoms with Gasteiger partial charge in [-0.3, -0.25) is 4.79 Å². The first-order valence-electron chi connectivity index (χ1n) is 4.91. The SMILES string of the molecule is CSc1sc(=S)sc1C(=O)c1ccc(C)cc1. The average Bonchev–Trinajstić information content (AvgIpc) is 2.70. The van der Waals surface area contributed by atoms with E-state index in [-0.39, 0.29) is 5.78 Å². The molecule has 88 valence electrons. The second-order valence-electron chi connectivity index (χ2n) is 3.47. The molecule has 2 rings (SSSR count). The highest BCUT2D eigenvalue weighted by atomic mass is 32.2. The lowest BCUT2D eigenvalue weighted by atomic mass is 10.1. The van der Waals surface area contributed by atoms with Crippen LogP contribution in [0.2, 0.25) is 0 Å². The number of benzene rings is 1. The molecular weight excluding hydrogens is 288 g/mol. The zero-order valence-corrected chi connectivity index (χ0v) is 12.6. The Bertz CT molecular complexity index is 592. The summed E-state index contributed by atoms with van der Waals surface area (Å²) in [6.07, 6.45) is 1.97. The van der Waals surface area contributed by atoms with Crippen LogP contribution in [0.25, 0.3) is 0 Å². The Hall–Kier alpha value is -0.490. The lowest BCUT2D eigenvalue weighted by molar-refractivity contribution is 0.104. The fourth-order valence-electron chi connectivity index (χ4n) is 1.38. The third-order valence-corrected chi connectivity index (χ3v) is 6.15. The zero-order valence-electron chi connectivity index (χ0n) is 9.35. The Morgan fingerprint density at radius 1 is 1.24 bits per heavy atom. The Morgan fingerprint density at radius 3 is 2.47 bits per heavy atom. The summed E-state index contributed by atoms with van der Waals surface area (Å²) in [4.78, 5) is 13.1. The van der Waals surface area contributed by atoms with Crippen molar-refractivity contribution in [2.75, 3.05) is 6.26 Å². The Morgan fingerprint density at radius 2 is 1.88 bits per heavy atom. The summed E-state index contributed by atoms with van der Waals surface area (Å²) in [5.41, 5.74) is 1.89. The molecule has 0 N–H and O–H groups in total. The minimum atomic E-state index is 0.0756. The maximum absolute atomic E-state index is 12.3. The molecule has 1 aromatic heterocycles. The van der Waals surface area contributed by atoms with E-state index in [1.165, 1.54) is 22.7 Å². The van der Waals surface area contributed by atoms with Crippen LogP contribution < -0.4 is 0 Å². The van der Waals surface area contributed by atoms with Gasteiger partial charge in [-0.15, -0.1) is 34.4 Å². The van der Waals surface area contributed by atoms with Crippen molar-refractivity contribution in [3.8, 4) is 0 Å². The molecule has 0 bridgehead atoms. The van der Waals surface area contributed by atoms with E-state index in [0.29, 0.717) is 0 Å². The first kappa shape index (κ1) is 13.0. The molecule has 0 spiro atoms. The van der Waals surface area contributed by atoms with Gasteiger partial charge in [-0.25, -0.2) is 0 Å². The van der Waals surface area contributed by atoms with Gasteiger partial charge in [0.1, 0.15) is 8.01 Å². The molecule has 0 saturated carbocycles. The molecule has 1 heterocycles. The molecule has 0 aliphatic rings. The van der Waals surface area contributed by atoms with E-state index >= 15 is 0 Å². The van der Waals surface area contributed by atoms with Gasteiger partial charge in [-0.2, -0.15) is 0 Å². The van der Waals surface area contributed by atoms with Crippen molar-refractivity contribution in [2.24, 2.45) is 0 Å². The van der Waals surface area contributed by atoms with E-state index in [1.54, 1.807) is 11.8 Å². The van der Waals surface area contributed by atoms with Crippen molar-refractivity contribution in [1.29, 1.82) is 0 Å². The molecule has 1 aromatic carbocycles.